The number of aryl methyl sites for hydroxylation is 1. The van der Waals surface area contributed by atoms with Crippen LogP contribution in [0, 0.1) is 0 Å². The number of ether oxygens (including phenoxy) is 1. The SMILES string of the molecule is CCCOC(=O)[C@H](Cc1ncn2c1CCc1ccccc1-2)N1CC[C@H](N)C1.Cl.Cl.Cl. The Morgan fingerprint density at radius 2 is 2.03 bits per heavy atom. The highest BCUT2D eigenvalue weighted by Crippen LogP contribution is 2.27. The molecule has 168 valence electrons. The maximum Gasteiger partial charge on any atom is 0.323 e. The van der Waals surface area contributed by atoms with Gasteiger partial charge in [0.1, 0.15) is 6.04 Å². The summed E-state index contributed by atoms with van der Waals surface area (Å²) in [5, 5.41) is 0. The summed E-state index contributed by atoms with van der Waals surface area (Å²) in [7, 11) is 0. The Labute approximate surface area is 196 Å². The van der Waals surface area contributed by atoms with Gasteiger partial charge in [0.05, 0.1) is 18.6 Å². The maximum atomic E-state index is 12.7. The molecule has 1 aromatic heterocycles. The molecule has 0 spiro atoms. The number of likely N-dealkylation sites (tertiary alicyclic amines) is 1. The van der Waals surface area contributed by atoms with Crippen LogP contribution < -0.4 is 5.73 Å². The lowest BCUT2D eigenvalue weighted by atomic mass is 9.98. The Bertz CT molecular complexity index is 830. The molecule has 1 fully saturated rings. The number of para-hydroxylation sites is 1. The van der Waals surface area contributed by atoms with E-state index in [0.29, 0.717) is 13.0 Å². The number of carbonyl (C=O) groups excluding carboxylic acids is 1. The fraction of sp³-hybridized carbons (Fsp3) is 0.524. The summed E-state index contributed by atoms with van der Waals surface area (Å²) in [5.74, 6) is -0.149. The minimum absolute atomic E-state index is 0. The van der Waals surface area contributed by atoms with E-state index in [1.807, 2.05) is 13.3 Å². The molecule has 1 aromatic carbocycles. The summed E-state index contributed by atoms with van der Waals surface area (Å²) < 4.78 is 7.67. The number of hydrogen-bond donors (Lipinski definition) is 1. The van der Waals surface area contributed by atoms with Crippen molar-refractivity contribution in [2.75, 3.05) is 19.7 Å². The van der Waals surface area contributed by atoms with Gasteiger partial charge in [0, 0.05) is 36.9 Å². The molecule has 2 N–H and O–H groups in total. The van der Waals surface area contributed by atoms with Gasteiger partial charge in [-0.15, -0.1) is 37.2 Å². The van der Waals surface area contributed by atoms with Crippen molar-refractivity contribution in [1.82, 2.24) is 14.5 Å². The summed E-state index contributed by atoms with van der Waals surface area (Å²) in [6.07, 6.45) is 6.18. The second kappa shape index (κ2) is 11.9. The number of esters is 1. The van der Waals surface area contributed by atoms with Crippen molar-refractivity contribution >= 4 is 43.2 Å². The average molecular weight is 478 g/mol. The minimum Gasteiger partial charge on any atom is -0.465 e. The van der Waals surface area contributed by atoms with Gasteiger partial charge in [0.25, 0.3) is 0 Å². The average Bonchev–Trinajstić information content (AvgIpc) is 3.30. The van der Waals surface area contributed by atoms with E-state index in [0.717, 1.165) is 44.5 Å². The zero-order chi connectivity index (χ0) is 18.8. The highest BCUT2D eigenvalue weighted by Gasteiger charge is 2.34. The van der Waals surface area contributed by atoms with Crippen LogP contribution in [0.1, 0.15) is 36.7 Å². The summed E-state index contributed by atoms with van der Waals surface area (Å²) in [6, 6.07) is 8.28. The molecule has 2 atom stereocenters. The predicted octanol–water partition coefficient (Wildman–Crippen LogP) is 3.13. The van der Waals surface area contributed by atoms with Gasteiger partial charge >= 0.3 is 5.97 Å². The lowest BCUT2D eigenvalue weighted by molar-refractivity contribution is -0.149. The fourth-order valence-electron chi connectivity index (χ4n) is 4.21. The van der Waals surface area contributed by atoms with E-state index in [1.54, 1.807) is 0 Å². The fourth-order valence-corrected chi connectivity index (χ4v) is 4.21. The van der Waals surface area contributed by atoms with Crippen molar-refractivity contribution < 1.29 is 9.53 Å². The first-order chi connectivity index (χ1) is 13.2. The molecule has 2 aromatic rings. The normalized spacial score (nSPS) is 18.1. The molecule has 2 aliphatic rings. The third-order valence-corrected chi connectivity index (χ3v) is 5.64. The molecule has 0 unspecified atom stereocenters. The number of fused-ring (bicyclic) bond motifs is 3. The quantitative estimate of drug-likeness (QED) is 0.647. The molecule has 0 radical (unpaired) electrons. The number of carbonyl (C=O) groups is 1. The Balaban J connectivity index is 0.00000150. The van der Waals surface area contributed by atoms with Crippen molar-refractivity contribution in [3.8, 4) is 5.69 Å². The van der Waals surface area contributed by atoms with Crippen molar-refractivity contribution in [2.45, 2.75) is 51.1 Å². The van der Waals surface area contributed by atoms with Crippen LogP contribution in [0.5, 0.6) is 0 Å². The monoisotopic (exact) mass is 476 g/mol. The molecule has 0 saturated carbocycles. The van der Waals surface area contributed by atoms with Crippen LogP contribution in [0.3, 0.4) is 0 Å². The molecule has 3 heterocycles. The molecular formula is C21H31Cl3N4O2. The highest BCUT2D eigenvalue weighted by molar-refractivity contribution is 5.86. The second-order valence-corrected chi connectivity index (χ2v) is 7.57. The zero-order valence-corrected chi connectivity index (χ0v) is 19.6. The van der Waals surface area contributed by atoms with Gasteiger partial charge in [-0.25, -0.2) is 4.98 Å². The molecule has 0 bridgehead atoms. The van der Waals surface area contributed by atoms with E-state index < -0.39 is 0 Å². The van der Waals surface area contributed by atoms with Crippen LogP contribution in [0.4, 0.5) is 0 Å². The summed E-state index contributed by atoms with van der Waals surface area (Å²) in [4.78, 5) is 19.6. The van der Waals surface area contributed by atoms with Gasteiger partial charge < -0.3 is 15.0 Å². The van der Waals surface area contributed by atoms with Crippen LogP contribution in [0.2, 0.25) is 0 Å². The molecule has 0 amide bonds. The Morgan fingerprint density at radius 3 is 2.73 bits per heavy atom. The molecule has 30 heavy (non-hydrogen) atoms. The first kappa shape index (κ1) is 26.7. The van der Waals surface area contributed by atoms with E-state index in [2.05, 4.69) is 38.7 Å². The Kier molecular flexibility index (Phi) is 10.6. The number of benzene rings is 1. The largest absolute Gasteiger partial charge is 0.465 e. The standard InChI is InChI=1S/C21H28N4O2.3ClH/c1-2-11-27-21(26)20(24-10-9-16(22)13-24)12-17-19-8-7-15-5-3-4-6-18(15)25(19)14-23-17;;;/h3-6,14,16,20H,2,7-13,22H2,1H3;3*1H/t16-,20-;;;/m0.../s1. The van der Waals surface area contributed by atoms with Gasteiger partial charge in [0.15, 0.2) is 0 Å². The van der Waals surface area contributed by atoms with Crippen molar-refractivity contribution in [1.29, 1.82) is 0 Å². The zero-order valence-electron chi connectivity index (χ0n) is 17.2. The highest BCUT2D eigenvalue weighted by atomic mass is 35.5. The van der Waals surface area contributed by atoms with Crippen LogP contribution in [0.15, 0.2) is 30.6 Å². The number of halogens is 3. The molecule has 1 saturated heterocycles. The third kappa shape index (κ3) is 5.48. The third-order valence-electron chi connectivity index (χ3n) is 5.64. The summed E-state index contributed by atoms with van der Waals surface area (Å²) >= 11 is 0. The van der Waals surface area contributed by atoms with Crippen LogP contribution in [-0.4, -0.2) is 52.2 Å². The Morgan fingerprint density at radius 1 is 1.27 bits per heavy atom. The van der Waals surface area contributed by atoms with Crippen molar-refractivity contribution in [3.63, 3.8) is 0 Å². The number of nitrogens with two attached hydrogens (primary N) is 1. The number of hydrogen-bond acceptors (Lipinski definition) is 5. The van der Waals surface area contributed by atoms with E-state index >= 15 is 0 Å². The van der Waals surface area contributed by atoms with Crippen LogP contribution >= 0.6 is 37.2 Å². The molecule has 0 aliphatic carbocycles. The van der Waals surface area contributed by atoms with E-state index in [1.165, 1.54) is 16.9 Å². The number of nitrogens with zero attached hydrogens (tertiary/aromatic N) is 3. The lowest BCUT2D eigenvalue weighted by Crippen LogP contribution is -2.44. The molecule has 9 heteroatoms. The number of rotatable bonds is 6. The first-order valence-electron chi connectivity index (χ1n) is 9.97. The molecule has 4 rings (SSSR count). The van der Waals surface area contributed by atoms with Gasteiger partial charge in [0.2, 0.25) is 0 Å². The van der Waals surface area contributed by atoms with Gasteiger partial charge in [-0.1, -0.05) is 25.1 Å². The Hall–Kier alpha value is -1.31. The van der Waals surface area contributed by atoms with Crippen molar-refractivity contribution in [2.24, 2.45) is 5.73 Å². The first-order valence-corrected chi connectivity index (χ1v) is 9.97. The second-order valence-electron chi connectivity index (χ2n) is 7.57. The minimum atomic E-state index is -0.304. The lowest BCUT2D eigenvalue weighted by Gasteiger charge is -2.26. The van der Waals surface area contributed by atoms with E-state index in [4.69, 9.17) is 10.5 Å². The van der Waals surface area contributed by atoms with Gasteiger partial charge in [-0.05, 0) is 37.3 Å². The number of aromatic nitrogens is 2. The molecule has 2 aliphatic heterocycles. The summed E-state index contributed by atoms with van der Waals surface area (Å²) in [6.45, 7) is 4.05. The topological polar surface area (TPSA) is 73.4 Å². The van der Waals surface area contributed by atoms with Gasteiger partial charge in [-0.2, -0.15) is 0 Å². The number of imidazole rings is 1. The van der Waals surface area contributed by atoms with E-state index in [-0.39, 0.29) is 55.3 Å². The molecular weight excluding hydrogens is 447 g/mol. The predicted molar refractivity (Wildman–Crippen MR) is 126 cm³/mol. The van der Waals surface area contributed by atoms with E-state index in [9.17, 15) is 4.79 Å². The van der Waals surface area contributed by atoms with Gasteiger partial charge in [-0.3, -0.25) is 9.69 Å². The van der Waals surface area contributed by atoms with Crippen LogP contribution in [0.25, 0.3) is 5.69 Å². The van der Waals surface area contributed by atoms with Crippen molar-refractivity contribution in [3.05, 3.63) is 47.5 Å². The van der Waals surface area contributed by atoms with Crippen LogP contribution in [-0.2, 0) is 28.8 Å². The smallest absolute Gasteiger partial charge is 0.323 e. The summed E-state index contributed by atoms with van der Waals surface area (Å²) in [5.41, 5.74) is 10.8. The maximum absolute atomic E-state index is 12.7. The molecule has 6 nitrogen and oxygen atoms in total.